The van der Waals surface area contributed by atoms with E-state index in [2.05, 4.69) is 13.0 Å². The molecule has 4 aromatic carbocycles. The molecular weight excluding hydrogens is 440 g/mol. The lowest BCUT2D eigenvalue weighted by Gasteiger charge is -2.11. The van der Waals surface area contributed by atoms with Crippen molar-refractivity contribution in [2.45, 2.75) is 45.4 Å². The van der Waals surface area contributed by atoms with Crippen molar-refractivity contribution < 1.29 is 13.5 Å². The molecule has 0 saturated carbocycles. The Morgan fingerprint density at radius 2 is 1.66 bits per heavy atom. The summed E-state index contributed by atoms with van der Waals surface area (Å²) in [6.07, 6.45) is 5.66. The molecule has 0 aliphatic carbocycles. The maximum Gasteiger partial charge on any atom is 0.134 e. The van der Waals surface area contributed by atoms with Gasteiger partial charge in [0.2, 0.25) is 0 Å². The molecule has 0 saturated heterocycles. The number of aryl methyl sites for hydroxylation is 2. The Kier molecular flexibility index (Phi) is 8.11. The average molecular weight is 470 g/mol. The monoisotopic (exact) mass is 469 g/mol. The molecule has 0 aliphatic heterocycles. The second kappa shape index (κ2) is 11.6. The molecule has 0 N–H and O–H groups in total. The van der Waals surface area contributed by atoms with Gasteiger partial charge in [-0.05, 0) is 71.7 Å². The van der Waals surface area contributed by atoms with Gasteiger partial charge in [0.1, 0.15) is 17.4 Å². The zero-order valence-corrected chi connectivity index (χ0v) is 20.0. The molecule has 0 aliphatic rings. The zero-order valence-electron chi connectivity index (χ0n) is 20.0. The van der Waals surface area contributed by atoms with E-state index in [0.29, 0.717) is 52.8 Å². The number of benzene rings is 4. The zero-order chi connectivity index (χ0) is 24.6. The molecule has 4 rings (SSSR count). The summed E-state index contributed by atoms with van der Waals surface area (Å²) in [6, 6.07) is 23.4. The number of nitriles is 1. The topological polar surface area (TPSA) is 33.0 Å². The first-order valence-electron chi connectivity index (χ1n) is 12.2. The lowest BCUT2D eigenvalue weighted by Crippen LogP contribution is -1.98. The molecule has 0 unspecified atom stereocenters. The van der Waals surface area contributed by atoms with Gasteiger partial charge >= 0.3 is 0 Å². The standard InChI is InChI=1S/C31H29F2NO/c1-2-3-4-5-18-35-27-15-17-28(30(32)20-27)25-14-16-29-26(19-25)13-12-24(31(29)33)11-10-22-6-8-23(21-34)9-7-22/h6-9,12-17,19-20H,2-5,10-11,18H2,1H3. The Morgan fingerprint density at radius 1 is 0.829 bits per heavy atom. The summed E-state index contributed by atoms with van der Waals surface area (Å²) >= 11 is 0. The van der Waals surface area contributed by atoms with Crippen molar-refractivity contribution in [3.05, 3.63) is 101 Å². The van der Waals surface area contributed by atoms with Crippen LogP contribution in [-0.2, 0) is 12.8 Å². The molecule has 0 fully saturated rings. The van der Waals surface area contributed by atoms with Gasteiger partial charge < -0.3 is 4.74 Å². The van der Waals surface area contributed by atoms with Crippen molar-refractivity contribution >= 4 is 10.8 Å². The molecule has 0 radical (unpaired) electrons. The van der Waals surface area contributed by atoms with Gasteiger partial charge in [-0.1, -0.05) is 62.6 Å². The molecular formula is C31H29F2NO. The van der Waals surface area contributed by atoms with Gasteiger partial charge in [-0.25, -0.2) is 8.78 Å². The number of ether oxygens (including phenoxy) is 1. The van der Waals surface area contributed by atoms with E-state index in [1.54, 1.807) is 42.5 Å². The minimum atomic E-state index is -0.352. The van der Waals surface area contributed by atoms with Crippen molar-refractivity contribution in [2.75, 3.05) is 6.61 Å². The van der Waals surface area contributed by atoms with Gasteiger partial charge in [0.05, 0.1) is 18.2 Å². The van der Waals surface area contributed by atoms with E-state index in [4.69, 9.17) is 10.00 Å². The lowest BCUT2D eigenvalue weighted by molar-refractivity contribution is 0.303. The summed E-state index contributed by atoms with van der Waals surface area (Å²) in [7, 11) is 0. The van der Waals surface area contributed by atoms with Crippen molar-refractivity contribution in [2.24, 2.45) is 0 Å². The first kappa shape index (κ1) is 24.4. The van der Waals surface area contributed by atoms with E-state index >= 15 is 4.39 Å². The third kappa shape index (κ3) is 6.05. The third-order valence-corrected chi connectivity index (χ3v) is 6.32. The summed E-state index contributed by atoms with van der Waals surface area (Å²) in [5, 5.41) is 10.2. The summed E-state index contributed by atoms with van der Waals surface area (Å²) in [5.74, 6) is -0.0635. The molecule has 178 valence electrons. The van der Waals surface area contributed by atoms with Crippen LogP contribution in [0.2, 0.25) is 0 Å². The predicted molar refractivity (Wildman–Crippen MR) is 138 cm³/mol. The van der Waals surface area contributed by atoms with E-state index in [0.717, 1.165) is 23.8 Å². The van der Waals surface area contributed by atoms with E-state index in [9.17, 15) is 4.39 Å². The maximum atomic E-state index is 15.2. The summed E-state index contributed by atoms with van der Waals surface area (Å²) in [6.45, 7) is 2.75. The number of fused-ring (bicyclic) bond motifs is 1. The second-order valence-corrected chi connectivity index (χ2v) is 8.83. The molecule has 0 heterocycles. The van der Waals surface area contributed by atoms with Gasteiger partial charge in [-0.3, -0.25) is 0 Å². The van der Waals surface area contributed by atoms with Crippen molar-refractivity contribution in [1.29, 1.82) is 5.26 Å². The highest BCUT2D eigenvalue weighted by atomic mass is 19.1. The average Bonchev–Trinajstić information content (AvgIpc) is 2.88. The van der Waals surface area contributed by atoms with Crippen LogP contribution in [0.3, 0.4) is 0 Å². The largest absolute Gasteiger partial charge is 0.493 e. The molecule has 35 heavy (non-hydrogen) atoms. The SMILES string of the molecule is CCCCCCOc1ccc(-c2ccc3c(F)c(CCc4ccc(C#N)cc4)ccc3c2)c(F)c1. The Balaban J connectivity index is 1.47. The van der Waals surface area contributed by atoms with Crippen molar-refractivity contribution in [1.82, 2.24) is 0 Å². The Hall–Kier alpha value is -3.71. The Morgan fingerprint density at radius 3 is 2.40 bits per heavy atom. The minimum Gasteiger partial charge on any atom is -0.493 e. The lowest BCUT2D eigenvalue weighted by atomic mass is 9.97. The molecule has 0 aromatic heterocycles. The number of halogens is 2. The molecule has 0 amide bonds. The van der Waals surface area contributed by atoms with Crippen LogP contribution >= 0.6 is 0 Å². The van der Waals surface area contributed by atoms with Crippen molar-refractivity contribution in [3.63, 3.8) is 0 Å². The quantitative estimate of drug-likeness (QED) is 0.218. The maximum absolute atomic E-state index is 15.2. The molecule has 0 bridgehead atoms. The molecule has 0 spiro atoms. The third-order valence-electron chi connectivity index (χ3n) is 6.32. The van der Waals surface area contributed by atoms with Crippen LogP contribution in [0.1, 0.15) is 49.3 Å². The van der Waals surface area contributed by atoms with Crippen LogP contribution in [0.4, 0.5) is 8.78 Å². The van der Waals surface area contributed by atoms with Gasteiger partial charge in [-0.2, -0.15) is 5.26 Å². The minimum absolute atomic E-state index is 0.241. The fourth-order valence-corrected chi connectivity index (χ4v) is 4.26. The van der Waals surface area contributed by atoms with Gasteiger partial charge in [0.25, 0.3) is 0 Å². The predicted octanol–water partition coefficient (Wildman–Crippen LogP) is 8.40. The second-order valence-electron chi connectivity index (χ2n) is 8.83. The van der Waals surface area contributed by atoms with Crippen molar-refractivity contribution in [3.8, 4) is 22.9 Å². The normalized spacial score (nSPS) is 10.9. The highest BCUT2D eigenvalue weighted by Gasteiger charge is 2.12. The number of nitrogens with zero attached hydrogens (tertiary/aromatic N) is 1. The summed E-state index contributed by atoms with van der Waals surface area (Å²) in [4.78, 5) is 0. The Bertz CT molecular complexity index is 1340. The summed E-state index contributed by atoms with van der Waals surface area (Å²) < 4.78 is 35.8. The fraction of sp³-hybridized carbons (Fsp3) is 0.258. The van der Waals surface area contributed by atoms with Crippen LogP contribution in [0.15, 0.2) is 72.8 Å². The van der Waals surface area contributed by atoms with Crippen LogP contribution in [0.25, 0.3) is 21.9 Å². The van der Waals surface area contributed by atoms with E-state index in [1.165, 1.54) is 18.9 Å². The fourth-order valence-electron chi connectivity index (χ4n) is 4.26. The van der Waals surface area contributed by atoms with Gasteiger partial charge in [0, 0.05) is 17.0 Å². The van der Waals surface area contributed by atoms with Crippen LogP contribution in [0.5, 0.6) is 5.75 Å². The molecule has 2 nitrogen and oxygen atoms in total. The molecule has 4 heteroatoms. The van der Waals surface area contributed by atoms with Gasteiger partial charge in [0.15, 0.2) is 0 Å². The smallest absolute Gasteiger partial charge is 0.134 e. The number of unbranched alkanes of at least 4 members (excludes halogenated alkanes) is 3. The summed E-state index contributed by atoms with van der Waals surface area (Å²) in [5.41, 5.74) is 3.48. The van der Waals surface area contributed by atoms with E-state index in [1.807, 2.05) is 24.3 Å². The first-order valence-corrected chi connectivity index (χ1v) is 12.2. The molecule has 4 aromatic rings. The number of hydrogen-bond donors (Lipinski definition) is 0. The highest BCUT2D eigenvalue weighted by molar-refractivity contribution is 5.88. The van der Waals surface area contributed by atoms with Crippen LogP contribution in [0, 0.1) is 23.0 Å². The Labute approximate surface area is 205 Å². The molecule has 0 atom stereocenters. The van der Waals surface area contributed by atoms with Crippen LogP contribution in [-0.4, -0.2) is 6.61 Å². The van der Waals surface area contributed by atoms with Gasteiger partial charge in [-0.15, -0.1) is 0 Å². The highest BCUT2D eigenvalue weighted by Crippen LogP contribution is 2.31. The van der Waals surface area contributed by atoms with Crippen LogP contribution < -0.4 is 4.74 Å². The number of rotatable bonds is 10. The number of hydrogen-bond acceptors (Lipinski definition) is 2. The van der Waals surface area contributed by atoms with E-state index < -0.39 is 0 Å². The van der Waals surface area contributed by atoms with E-state index in [-0.39, 0.29) is 11.6 Å². The first-order chi connectivity index (χ1) is 17.1.